The van der Waals surface area contributed by atoms with Gasteiger partial charge < -0.3 is 5.11 Å². The van der Waals surface area contributed by atoms with Crippen molar-refractivity contribution in [1.82, 2.24) is 9.78 Å². The largest absolute Gasteiger partial charge is 0.478 e. The summed E-state index contributed by atoms with van der Waals surface area (Å²) in [5.74, 6) is -0.990. The average Bonchev–Trinajstić information content (AvgIpc) is 2.88. The number of aryl methyl sites for hydroxylation is 1. The van der Waals surface area contributed by atoms with E-state index in [1.807, 2.05) is 48.9 Å². The Balaban J connectivity index is 1.95. The third-order valence-corrected chi connectivity index (χ3v) is 3.61. The lowest BCUT2D eigenvalue weighted by Crippen LogP contribution is -1.98. The highest BCUT2D eigenvalue weighted by molar-refractivity contribution is 5.88. The maximum Gasteiger partial charge on any atom is 0.335 e. The molecule has 0 aliphatic rings. The molecule has 0 unspecified atom stereocenters. The van der Waals surface area contributed by atoms with Gasteiger partial charge in [0, 0.05) is 0 Å². The smallest absolute Gasteiger partial charge is 0.335 e. The molecule has 6 heteroatoms. The minimum Gasteiger partial charge on any atom is -0.478 e. The molecule has 0 saturated carbocycles. The Morgan fingerprint density at radius 1 is 1.04 bits per heavy atom. The van der Waals surface area contributed by atoms with E-state index in [2.05, 4.69) is 15.3 Å². The fourth-order valence-electron chi connectivity index (χ4n) is 2.41. The minimum absolute atomic E-state index is 0.180. The van der Waals surface area contributed by atoms with Gasteiger partial charge >= 0.3 is 5.97 Å². The predicted molar refractivity (Wildman–Crippen MR) is 90.6 cm³/mol. The summed E-state index contributed by atoms with van der Waals surface area (Å²) >= 11 is 0. The van der Waals surface area contributed by atoms with Gasteiger partial charge in [0.1, 0.15) is 5.69 Å². The van der Waals surface area contributed by atoms with E-state index in [0.717, 1.165) is 17.1 Å². The van der Waals surface area contributed by atoms with Crippen LogP contribution in [0.2, 0.25) is 0 Å². The average molecular weight is 320 g/mol. The van der Waals surface area contributed by atoms with E-state index in [4.69, 9.17) is 5.11 Å². The maximum absolute atomic E-state index is 11.0. The zero-order valence-electron chi connectivity index (χ0n) is 13.3. The molecule has 0 atom stereocenters. The highest BCUT2D eigenvalue weighted by Gasteiger charge is 2.12. The van der Waals surface area contributed by atoms with Crippen LogP contribution in [-0.4, -0.2) is 20.9 Å². The number of aromatic carboxylic acids is 1. The van der Waals surface area contributed by atoms with Gasteiger partial charge in [-0.2, -0.15) is 10.2 Å². The Kier molecular flexibility index (Phi) is 4.20. The van der Waals surface area contributed by atoms with Gasteiger partial charge in [-0.15, -0.1) is 5.11 Å². The standard InChI is InChI=1S/C18H16N4O2/c1-12-17(13(2)22(21-12)16-9-4-3-5-10-16)20-19-15-8-6-7-14(11-15)18(23)24/h3-11H,1-2H3,(H,23,24). The van der Waals surface area contributed by atoms with Crippen molar-refractivity contribution < 1.29 is 9.90 Å². The molecule has 1 aromatic heterocycles. The number of hydrogen-bond acceptors (Lipinski definition) is 4. The van der Waals surface area contributed by atoms with Gasteiger partial charge in [0.05, 0.1) is 28.3 Å². The lowest BCUT2D eigenvalue weighted by molar-refractivity contribution is 0.0697. The van der Waals surface area contributed by atoms with Crippen molar-refractivity contribution in [1.29, 1.82) is 0 Å². The van der Waals surface area contributed by atoms with Crippen LogP contribution in [0.5, 0.6) is 0 Å². The molecule has 1 N–H and O–H groups in total. The first-order valence-electron chi connectivity index (χ1n) is 7.43. The van der Waals surface area contributed by atoms with Crippen LogP contribution in [0.25, 0.3) is 5.69 Å². The van der Waals surface area contributed by atoms with E-state index in [-0.39, 0.29) is 5.56 Å². The Hall–Kier alpha value is -3.28. The molecule has 3 aromatic rings. The fourth-order valence-corrected chi connectivity index (χ4v) is 2.41. The van der Waals surface area contributed by atoms with E-state index in [0.29, 0.717) is 11.4 Å². The molecule has 1 heterocycles. The summed E-state index contributed by atoms with van der Waals surface area (Å²) in [4.78, 5) is 11.0. The van der Waals surface area contributed by atoms with E-state index in [9.17, 15) is 4.79 Å². The third kappa shape index (κ3) is 3.08. The predicted octanol–water partition coefficient (Wildman–Crippen LogP) is 4.60. The summed E-state index contributed by atoms with van der Waals surface area (Å²) in [6, 6.07) is 16.1. The molecule has 0 aliphatic heterocycles. The molecule has 0 saturated heterocycles. The van der Waals surface area contributed by atoms with Crippen molar-refractivity contribution in [3.05, 3.63) is 71.5 Å². The van der Waals surface area contributed by atoms with Gasteiger partial charge in [0.2, 0.25) is 0 Å². The van der Waals surface area contributed by atoms with Gasteiger partial charge in [-0.05, 0) is 44.2 Å². The van der Waals surface area contributed by atoms with Crippen LogP contribution in [0.15, 0.2) is 64.8 Å². The number of rotatable bonds is 4. The number of aromatic nitrogens is 2. The molecular formula is C18H16N4O2. The Morgan fingerprint density at radius 3 is 2.50 bits per heavy atom. The molecule has 0 radical (unpaired) electrons. The number of carbonyl (C=O) groups is 1. The van der Waals surface area contributed by atoms with Crippen LogP contribution >= 0.6 is 0 Å². The number of carboxylic acid groups (broad SMARTS) is 1. The Bertz CT molecular complexity index is 914. The number of benzene rings is 2. The normalized spacial score (nSPS) is 11.1. The van der Waals surface area contributed by atoms with Crippen molar-refractivity contribution in [2.75, 3.05) is 0 Å². The van der Waals surface area contributed by atoms with Crippen LogP contribution in [0.3, 0.4) is 0 Å². The van der Waals surface area contributed by atoms with E-state index >= 15 is 0 Å². The van der Waals surface area contributed by atoms with Crippen LogP contribution in [-0.2, 0) is 0 Å². The van der Waals surface area contributed by atoms with Gasteiger partial charge in [-0.25, -0.2) is 9.48 Å². The van der Waals surface area contributed by atoms with Crippen LogP contribution in [0, 0.1) is 13.8 Å². The number of carboxylic acids is 1. The van der Waals surface area contributed by atoms with Crippen molar-refractivity contribution in [3.63, 3.8) is 0 Å². The molecule has 0 spiro atoms. The van der Waals surface area contributed by atoms with Gasteiger partial charge in [0.25, 0.3) is 0 Å². The summed E-state index contributed by atoms with van der Waals surface area (Å²) in [7, 11) is 0. The van der Waals surface area contributed by atoms with Gasteiger partial charge in [-0.1, -0.05) is 24.3 Å². The molecular weight excluding hydrogens is 304 g/mol. The lowest BCUT2D eigenvalue weighted by atomic mass is 10.2. The van der Waals surface area contributed by atoms with Gasteiger partial charge in [-0.3, -0.25) is 0 Å². The van der Waals surface area contributed by atoms with E-state index < -0.39 is 5.97 Å². The number of azo groups is 1. The number of para-hydroxylation sites is 1. The summed E-state index contributed by atoms with van der Waals surface area (Å²) in [6.45, 7) is 3.80. The van der Waals surface area contributed by atoms with Crippen molar-refractivity contribution in [3.8, 4) is 5.69 Å². The summed E-state index contributed by atoms with van der Waals surface area (Å²) in [6.07, 6.45) is 0. The van der Waals surface area contributed by atoms with Crippen molar-refractivity contribution >= 4 is 17.3 Å². The van der Waals surface area contributed by atoms with Gasteiger partial charge in [0.15, 0.2) is 0 Å². The quantitative estimate of drug-likeness (QED) is 0.713. The molecule has 0 aliphatic carbocycles. The topological polar surface area (TPSA) is 79.8 Å². The van der Waals surface area contributed by atoms with E-state index in [1.54, 1.807) is 12.1 Å². The second kappa shape index (κ2) is 6.45. The molecule has 0 fully saturated rings. The molecule has 3 rings (SSSR count). The first-order chi connectivity index (χ1) is 11.6. The molecule has 120 valence electrons. The monoisotopic (exact) mass is 320 g/mol. The molecule has 24 heavy (non-hydrogen) atoms. The zero-order chi connectivity index (χ0) is 17.1. The highest BCUT2D eigenvalue weighted by Crippen LogP contribution is 2.27. The molecule has 2 aromatic carbocycles. The Labute approximate surface area is 139 Å². The van der Waals surface area contributed by atoms with Crippen LogP contribution in [0.1, 0.15) is 21.7 Å². The summed E-state index contributed by atoms with van der Waals surface area (Å²) < 4.78 is 1.82. The van der Waals surface area contributed by atoms with Crippen molar-refractivity contribution in [2.45, 2.75) is 13.8 Å². The minimum atomic E-state index is -0.990. The second-order valence-corrected chi connectivity index (χ2v) is 5.32. The fraction of sp³-hybridized carbons (Fsp3) is 0.111. The van der Waals surface area contributed by atoms with Crippen LogP contribution in [0.4, 0.5) is 11.4 Å². The molecule has 0 bridgehead atoms. The number of nitrogens with zero attached hydrogens (tertiary/aromatic N) is 4. The molecule has 0 amide bonds. The second-order valence-electron chi connectivity index (χ2n) is 5.32. The zero-order valence-corrected chi connectivity index (χ0v) is 13.3. The van der Waals surface area contributed by atoms with Crippen LogP contribution < -0.4 is 0 Å². The van der Waals surface area contributed by atoms with Crippen molar-refractivity contribution in [2.24, 2.45) is 10.2 Å². The lowest BCUT2D eigenvalue weighted by Gasteiger charge is -2.03. The first kappa shape index (κ1) is 15.6. The summed E-state index contributed by atoms with van der Waals surface area (Å²) in [5.41, 5.74) is 3.93. The third-order valence-electron chi connectivity index (χ3n) is 3.61. The van der Waals surface area contributed by atoms with E-state index in [1.165, 1.54) is 12.1 Å². The highest BCUT2D eigenvalue weighted by atomic mass is 16.4. The number of hydrogen-bond donors (Lipinski definition) is 1. The summed E-state index contributed by atoms with van der Waals surface area (Å²) in [5, 5.41) is 22.0. The SMILES string of the molecule is Cc1nn(-c2ccccc2)c(C)c1N=Nc1cccc(C(=O)O)c1. The Morgan fingerprint density at radius 2 is 1.79 bits per heavy atom. The molecule has 6 nitrogen and oxygen atoms in total. The first-order valence-corrected chi connectivity index (χ1v) is 7.43. The maximum atomic E-state index is 11.0.